The maximum absolute atomic E-state index is 15.9. The predicted molar refractivity (Wildman–Crippen MR) is 126 cm³/mol. The quantitative estimate of drug-likeness (QED) is 0.572. The van der Waals surface area contributed by atoms with Gasteiger partial charge in [-0.2, -0.15) is 0 Å². The van der Waals surface area contributed by atoms with Crippen LogP contribution in [-0.4, -0.2) is 34.9 Å². The number of hydrogen-bond donors (Lipinski definition) is 2. The molecule has 2 aliphatic heterocycles. The van der Waals surface area contributed by atoms with Crippen LogP contribution >= 0.6 is 0 Å². The molecule has 2 aliphatic rings. The lowest BCUT2D eigenvalue weighted by molar-refractivity contribution is -0.0352. The third-order valence-corrected chi connectivity index (χ3v) is 7.45. The Labute approximate surface area is 189 Å². The Balaban J connectivity index is 1.57. The highest BCUT2D eigenvalue weighted by Crippen LogP contribution is 2.54. The van der Waals surface area contributed by atoms with Gasteiger partial charge >= 0.3 is 0 Å². The minimum atomic E-state index is -0.979. The van der Waals surface area contributed by atoms with Crippen LogP contribution in [0, 0.1) is 5.92 Å². The molecule has 2 saturated heterocycles. The Morgan fingerprint density at radius 2 is 1.47 bits per heavy atom. The van der Waals surface area contributed by atoms with Crippen LogP contribution in [0.5, 0.6) is 0 Å². The van der Waals surface area contributed by atoms with E-state index in [9.17, 15) is 5.11 Å². The van der Waals surface area contributed by atoms with Gasteiger partial charge in [-0.15, -0.1) is 0 Å². The molecule has 2 fully saturated rings. The van der Waals surface area contributed by atoms with Gasteiger partial charge in [-0.25, -0.2) is 4.39 Å². The summed E-state index contributed by atoms with van der Waals surface area (Å²) in [7, 11) is 0. The van der Waals surface area contributed by atoms with E-state index in [1.54, 1.807) is 0 Å². The van der Waals surface area contributed by atoms with E-state index in [4.69, 9.17) is 0 Å². The predicted octanol–water partition coefficient (Wildman–Crippen LogP) is 4.67. The number of benzene rings is 3. The van der Waals surface area contributed by atoms with Gasteiger partial charge in [-0.1, -0.05) is 91.0 Å². The average molecular weight is 431 g/mol. The molecular weight excluding hydrogens is 399 g/mol. The highest BCUT2D eigenvalue weighted by Gasteiger charge is 2.62. The number of aliphatic hydroxyl groups is 1. The third-order valence-electron chi connectivity index (χ3n) is 7.45. The van der Waals surface area contributed by atoms with Crippen LogP contribution in [0.4, 0.5) is 4.39 Å². The fourth-order valence-electron chi connectivity index (χ4n) is 6.03. The van der Waals surface area contributed by atoms with Crippen molar-refractivity contribution < 1.29 is 9.50 Å². The van der Waals surface area contributed by atoms with Gasteiger partial charge in [0.25, 0.3) is 0 Å². The summed E-state index contributed by atoms with van der Waals surface area (Å²) in [4.78, 5) is 2.48. The maximum atomic E-state index is 15.9. The monoisotopic (exact) mass is 430 g/mol. The molecule has 0 saturated carbocycles. The minimum Gasteiger partial charge on any atom is -0.396 e. The summed E-state index contributed by atoms with van der Waals surface area (Å²) < 4.78 is 15.9. The van der Waals surface area contributed by atoms with Crippen LogP contribution in [0.15, 0.2) is 91.0 Å². The first kappa shape index (κ1) is 21.3. The molecule has 32 heavy (non-hydrogen) atoms. The number of fused-ring (bicyclic) bond motifs is 2. The molecule has 3 nitrogen and oxygen atoms in total. The van der Waals surface area contributed by atoms with Crippen molar-refractivity contribution in [3.8, 4) is 0 Å². The van der Waals surface area contributed by atoms with E-state index in [0.29, 0.717) is 13.0 Å². The van der Waals surface area contributed by atoms with Crippen molar-refractivity contribution in [2.24, 2.45) is 5.92 Å². The Morgan fingerprint density at radius 3 is 2.09 bits per heavy atom. The molecule has 0 aliphatic carbocycles. The highest BCUT2D eigenvalue weighted by molar-refractivity contribution is 5.34. The summed E-state index contributed by atoms with van der Waals surface area (Å²) in [6, 6.07) is 30.6. The molecule has 2 heterocycles. The summed E-state index contributed by atoms with van der Waals surface area (Å²) in [5.74, 6) is 0.0562. The van der Waals surface area contributed by atoms with Crippen LogP contribution < -0.4 is 5.32 Å². The van der Waals surface area contributed by atoms with E-state index in [0.717, 1.165) is 24.1 Å². The molecule has 0 aromatic heterocycles. The number of piperidine rings is 1. The maximum Gasteiger partial charge on any atom is 0.119 e. The number of nitrogens with zero attached hydrogens (tertiary/aromatic N) is 1. The summed E-state index contributed by atoms with van der Waals surface area (Å²) in [6.07, 6.45) is 0.212. The third kappa shape index (κ3) is 3.77. The van der Waals surface area contributed by atoms with Crippen molar-refractivity contribution in [3.05, 3.63) is 108 Å². The molecule has 5 atom stereocenters. The summed E-state index contributed by atoms with van der Waals surface area (Å²) in [6.45, 7) is 1.45. The second kappa shape index (κ2) is 9.14. The van der Waals surface area contributed by atoms with Gasteiger partial charge in [0, 0.05) is 25.7 Å². The first-order valence-electron chi connectivity index (χ1n) is 11.6. The molecule has 3 aromatic carbocycles. The smallest absolute Gasteiger partial charge is 0.119 e. The summed E-state index contributed by atoms with van der Waals surface area (Å²) in [5, 5.41) is 13.9. The Kier molecular flexibility index (Phi) is 6.09. The number of alkyl halides is 1. The van der Waals surface area contributed by atoms with Crippen LogP contribution in [0.2, 0.25) is 0 Å². The van der Waals surface area contributed by atoms with Crippen LogP contribution in [-0.2, 0) is 18.6 Å². The fraction of sp³-hybridized carbons (Fsp3) is 0.357. The Bertz CT molecular complexity index is 1000. The zero-order valence-corrected chi connectivity index (χ0v) is 18.3. The number of hydrogen-bond acceptors (Lipinski definition) is 3. The second-order valence-electron chi connectivity index (χ2n) is 9.21. The first-order chi connectivity index (χ1) is 15.7. The molecule has 3 aromatic rings. The number of rotatable bonds is 7. The van der Waals surface area contributed by atoms with Crippen molar-refractivity contribution >= 4 is 0 Å². The normalized spacial score (nSPS) is 29.8. The SMILES string of the molecule is OC[C@@H]1C[C@@]2(c3ccccc3)[C@@H](NCc3ccccc3)[C@@H](F)C[C@@H]1N2Cc1ccccc1. The largest absolute Gasteiger partial charge is 0.396 e. The molecule has 4 heteroatoms. The van der Waals surface area contributed by atoms with Gasteiger partial charge in [-0.3, -0.25) is 4.90 Å². The minimum absolute atomic E-state index is 0.0187. The molecule has 166 valence electrons. The molecule has 5 rings (SSSR count). The molecule has 2 bridgehead atoms. The lowest BCUT2D eigenvalue weighted by Crippen LogP contribution is -2.64. The van der Waals surface area contributed by atoms with Gasteiger partial charge in [-0.05, 0) is 35.4 Å². The van der Waals surface area contributed by atoms with Gasteiger partial charge in [0.15, 0.2) is 0 Å². The van der Waals surface area contributed by atoms with Gasteiger partial charge in [0.05, 0.1) is 11.6 Å². The zero-order valence-electron chi connectivity index (χ0n) is 18.3. The van der Waals surface area contributed by atoms with Gasteiger partial charge in [0.1, 0.15) is 6.17 Å². The topological polar surface area (TPSA) is 35.5 Å². The number of halogens is 1. The van der Waals surface area contributed by atoms with E-state index in [1.807, 2.05) is 42.5 Å². The van der Waals surface area contributed by atoms with E-state index < -0.39 is 11.7 Å². The molecule has 2 N–H and O–H groups in total. The molecular formula is C28H31FN2O. The summed E-state index contributed by atoms with van der Waals surface area (Å²) in [5.41, 5.74) is 2.98. The summed E-state index contributed by atoms with van der Waals surface area (Å²) >= 11 is 0. The van der Waals surface area contributed by atoms with E-state index in [1.165, 1.54) is 5.56 Å². The standard InChI is InChI=1S/C28H31FN2O/c29-25-16-26-23(20-32)17-28(24-14-8-3-9-15-24,31(26)19-22-12-6-2-7-13-22)27(25)30-18-21-10-4-1-5-11-21/h1-15,23,25-27,30,32H,16-20H2/t23-,25-,26-,27-,28+/m0/s1. The van der Waals surface area contributed by atoms with Crippen LogP contribution in [0.25, 0.3) is 0 Å². The molecule has 0 amide bonds. The lowest BCUT2D eigenvalue weighted by Gasteiger charge is -2.52. The van der Waals surface area contributed by atoms with Crippen molar-refractivity contribution in [2.75, 3.05) is 6.61 Å². The molecule has 0 spiro atoms. The first-order valence-corrected chi connectivity index (χ1v) is 11.6. The average Bonchev–Trinajstić information content (AvgIpc) is 3.07. The van der Waals surface area contributed by atoms with Crippen LogP contribution in [0.1, 0.15) is 29.5 Å². The second-order valence-corrected chi connectivity index (χ2v) is 9.21. The van der Waals surface area contributed by atoms with Crippen molar-refractivity contribution in [1.82, 2.24) is 10.2 Å². The van der Waals surface area contributed by atoms with Crippen molar-refractivity contribution in [3.63, 3.8) is 0 Å². The van der Waals surface area contributed by atoms with Gasteiger partial charge < -0.3 is 10.4 Å². The zero-order chi connectivity index (χ0) is 22.0. The van der Waals surface area contributed by atoms with Crippen LogP contribution in [0.3, 0.4) is 0 Å². The van der Waals surface area contributed by atoms with Crippen molar-refractivity contribution in [1.29, 1.82) is 0 Å². The molecule has 0 radical (unpaired) electrons. The van der Waals surface area contributed by atoms with Gasteiger partial charge in [0.2, 0.25) is 0 Å². The van der Waals surface area contributed by atoms with E-state index in [2.05, 4.69) is 58.7 Å². The lowest BCUT2D eigenvalue weighted by atomic mass is 9.75. The fourth-order valence-corrected chi connectivity index (χ4v) is 6.03. The number of nitrogens with one attached hydrogen (secondary N) is 1. The van der Waals surface area contributed by atoms with E-state index >= 15 is 4.39 Å². The Hall–Kier alpha value is -2.53. The number of aliphatic hydroxyl groups excluding tert-OH is 1. The van der Waals surface area contributed by atoms with Crippen molar-refractivity contribution in [2.45, 2.75) is 49.7 Å². The molecule has 0 unspecified atom stereocenters. The highest BCUT2D eigenvalue weighted by atomic mass is 19.1. The Morgan fingerprint density at radius 1 is 0.875 bits per heavy atom. The van der Waals surface area contributed by atoms with E-state index in [-0.39, 0.29) is 24.6 Å².